The molecule has 0 saturated carbocycles. The molecule has 2 heterocycles. The van der Waals surface area contributed by atoms with E-state index < -0.39 is 11.0 Å². The maximum atomic E-state index is 11.4. The minimum Gasteiger partial charge on any atom is -0.454 e. The van der Waals surface area contributed by atoms with Gasteiger partial charge >= 0.3 is 11.7 Å². The molecule has 0 amide bonds. The van der Waals surface area contributed by atoms with Gasteiger partial charge in [-0.3, -0.25) is 14.9 Å². The highest BCUT2D eigenvalue weighted by Crippen LogP contribution is 2.39. The number of esters is 1. The number of rotatable bonds is 2. The summed E-state index contributed by atoms with van der Waals surface area (Å²) in [7, 11) is 0. The van der Waals surface area contributed by atoms with Crippen molar-refractivity contribution in [2.75, 3.05) is 0 Å². The third-order valence-electron chi connectivity index (χ3n) is 3.79. The molecule has 0 radical (unpaired) electrons. The van der Waals surface area contributed by atoms with E-state index in [9.17, 15) is 14.9 Å². The summed E-state index contributed by atoms with van der Waals surface area (Å²) < 4.78 is 7.65. The van der Waals surface area contributed by atoms with Crippen LogP contribution in [0.5, 0.6) is 0 Å². The predicted molar refractivity (Wildman–Crippen MR) is 82.6 cm³/mol. The van der Waals surface area contributed by atoms with Gasteiger partial charge in [0, 0.05) is 13.5 Å². The first-order valence-electron chi connectivity index (χ1n) is 6.91. The van der Waals surface area contributed by atoms with Crippen molar-refractivity contribution in [2.45, 2.75) is 39.3 Å². The van der Waals surface area contributed by atoms with E-state index in [0.29, 0.717) is 34.3 Å². The number of ether oxygens (including phenoxy) is 1. The quantitative estimate of drug-likeness (QED) is 0.461. The van der Waals surface area contributed by atoms with Crippen molar-refractivity contribution >= 4 is 38.6 Å². The molecular formula is C14H14BrN3O4. The lowest BCUT2D eigenvalue weighted by molar-refractivity contribution is -0.384. The first-order chi connectivity index (χ1) is 10.4. The van der Waals surface area contributed by atoms with Crippen LogP contribution in [-0.2, 0) is 16.1 Å². The van der Waals surface area contributed by atoms with Gasteiger partial charge in [-0.25, -0.2) is 4.98 Å². The van der Waals surface area contributed by atoms with Crippen LogP contribution in [-0.4, -0.2) is 20.4 Å². The van der Waals surface area contributed by atoms with Crippen molar-refractivity contribution < 1.29 is 14.5 Å². The fourth-order valence-corrected chi connectivity index (χ4v) is 3.33. The van der Waals surface area contributed by atoms with Gasteiger partial charge < -0.3 is 9.30 Å². The molecule has 8 heteroatoms. The van der Waals surface area contributed by atoms with Crippen molar-refractivity contribution in [1.82, 2.24) is 9.55 Å². The van der Waals surface area contributed by atoms with E-state index >= 15 is 0 Å². The number of benzene rings is 1. The van der Waals surface area contributed by atoms with Crippen LogP contribution < -0.4 is 0 Å². The van der Waals surface area contributed by atoms with Crippen molar-refractivity contribution in [3.63, 3.8) is 0 Å². The molecule has 0 fully saturated rings. The second kappa shape index (κ2) is 5.35. The van der Waals surface area contributed by atoms with Crippen LogP contribution in [0, 0.1) is 17.0 Å². The number of carbonyl (C=O) groups is 1. The number of imidazole rings is 1. The fraction of sp³-hybridized carbons (Fsp3) is 0.429. The van der Waals surface area contributed by atoms with Crippen LogP contribution >= 0.6 is 15.9 Å². The number of aromatic nitrogens is 2. The molecule has 3 rings (SSSR count). The monoisotopic (exact) mass is 367 g/mol. The number of hydrogen-bond acceptors (Lipinski definition) is 5. The third-order valence-corrected chi connectivity index (χ3v) is 4.80. The van der Waals surface area contributed by atoms with Gasteiger partial charge in [-0.05, 0) is 47.3 Å². The largest absolute Gasteiger partial charge is 0.454 e. The van der Waals surface area contributed by atoms with Crippen LogP contribution in [0.25, 0.3) is 11.0 Å². The molecule has 0 N–H and O–H groups in total. The Morgan fingerprint density at radius 3 is 2.95 bits per heavy atom. The molecule has 0 spiro atoms. The van der Waals surface area contributed by atoms with E-state index in [4.69, 9.17) is 4.74 Å². The van der Waals surface area contributed by atoms with Gasteiger partial charge in [0.05, 0.1) is 10.4 Å². The zero-order valence-corrected chi connectivity index (χ0v) is 13.7. The normalized spacial score (nSPS) is 17.3. The lowest BCUT2D eigenvalue weighted by atomic mass is 10.1. The number of fused-ring (bicyclic) bond motifs is 3. The van der Waals surface area contributed by atoms with Crippen molar-refractivity contribution in [3.8, 4) is 0 Å². The zero-order valence-electron chi connectivity index (χ0n) is 12.1. The average molecular weight is 368 g/mol. The van der Waals surface area contributed by atoms with Crippen LogP contribution in [0.2, 0.25) is 0 Å². The number of nitro groups is 1. The van der Waals surface area contributed by atoms with Gasteiger partial charge in [-0.15, -0.1) is 0 Å². The first kappa shape index (κ1) is 15.0. The third kappa shape index (κ3) is 2.27. The molecule has 2 aromatic rings. The van der Waals surface area contributed by atoms with Crippen LogP contribution in [0.1, 0.15) is 37.3 Å². The van der Waals surface area contributed by atoms with E-state index in [2.05, 4.69) is 20.9 Å². The van der Waals surface area contributed by atoms with Crippen molar-refractivity contribution in [1.29, 1.82) is 0 Å². The minimum atomic E-state index is -0.447. The van der Waals surface area contributed by atoms with Gasteiger partial charge in [-0.1, -0.05) is 0 Å². The Labute approximate surface area is 134 Å². The topological polar surface area (TPSA) is 87.3 Å². The summed E-state index contributed by atoms with van der Waals surface area (Å²) in [4.78, 5) is 26.6. The highest BCUT2D eigenvalue weighted by atomic mass is 79.9. The summed E-state index contributed by atoms with van der Waals surface area (Å²) in [6, 6.07) is 1.87. The summed E-state index contributed by atoms with van der Waals surface area (Å²) in [6.45, 7) is 3.87. The Hall–Kier alpha value is -1.96. The minimum absolute atomic E-state index is 0.0431. The molecule has 7 nitrogen and oxygen atoms in total. The highest BCUT2D eigenvalue weighted by molar-refractivity contribution is 9.10. The molecular weight excluding hydrogens is 354 g/mol. The van der Waals surface area contributed by atoms with Crippen molar-refractivity contribution in [3.05, 3.63) is 32.0 Å². The zero-order chi connectivity index (χ0) is 16.0. The summed E-state index contributed by atoms with van der Waals surface area (Å²) in [6.07, 6.45) is 1.06. The molecule has 1 atom stereocenters. The maximum absolute atomic E-state index is 11.4. The van der Waals surface area contributed by atoms with E-state index in [1.54, 1.807) is 0 Å². The Kier molecular flexibility index (Phi) is 3.64. The van der Waals surface area contributed by atoms with Crippen LogP contribution in [0.4, 0.5) is 5.69 Å². The van der Waals surface area contributed by atoms with E-state index in [1.807, 2.05) is 17.6 Å². The molecule has 1 aliphatic rings. The van der Waals surface area contributed by atoms with E-state index in [1.165, 1.54) is 6.92 Å². The Balaban J connectivity index is 2.28. The van der Waals surface area contributed by atoms with E-state index in [-0.39, 0.29) is 11.7 Å². The number of halogens is 1. The molecule has 0 saturated heterocycles. The van der Waals surface area contributed by atoms with Gasteiger partial charge in [0.1, 0.15) is 4.47 Å². The molecule has 1 aromatic carbocycles. The number of carbonyl (C=O) groups excluding carboxylic acids is 1. The summed E-state index contributed by atoms with van der Waals surface area (Å²) in [5.41, 5.74) is 1.77. The summed E-state index contributed by atoms with van der Waals surface area (Å²) >= 11 is 3.27. The van der Waals surface area contributed by atoms with Gasteiger partial charge in [0.2, 0.25) is 0 Å². The second-order valence-electron chi connectivity index (χ2n) is 5.34. The van der Waals surface area contributed by atoms with Crippen LogP contribution in [0.15, 0.2) is 10.5 Å². The van der Waals surface area contributed by atoms with E-state index in [0.717, 1.165) is 12.0 Å². The van der Waals surface area contributed by atoms with Crippen molar-refractivity contribution in [2.24, 2.45) is 0 Å². The standard InChI is InChI=1S/C14H14BrN3O4/c1-7-6-9-12(13(11(7)15)18(20)21)16-14-10(22-8(2)19)4-3-5-17(9)14/h6,10H,3-5H2,1-2H3. The second-order valence-corrected chi connectivity index (χ2v) is 6.14. The fourth-order valence-electron chi connectivity index (χ4n) is 2.89. The molecule has 1 aliphatic heterocycles. The highest BCUT2D eigenvalue weighted by Gasteiger charge is 2.31. The molecule has 116 valence electrons. The molecule has 1 aromatic heterocycles. The Morgan fingerprint density at radius 2 is 2.32 bits per heavy atom. The summed E-state index contributed by atoms with van der Waals surface area (Å²) in [5, 5.41) is 11.4. The SMILES string of the molecule is CC(=O)OC1CCCn2c1nc1c([N+](=O)[O-])c(Br)c(C)cc12. The smallest absolute Gasteiger partial charge is 0.311 e. The number of nitrogens with zero attached hydrogens (tertiary/aromatic N) is 3. The average Bonchev–Trinajstić information content (AvgIpc) is 2.78. The lowest BCUT2D eigenvalue weighted by Gasteiger charge is -2.23. The Bertz CT molecular complexity index is 799. The number of aryl methyl sites for hydroxylation is 2. The molecule has 1 unspecified atom stereocenters. The van der Waals surface area contributed by atoms with Gasteiger partial charge in [0.25, 0.3) is 0 Å². The number of nitro benzene ring substituents is 1. The predicted octanol–water partition coefficient (Wildman–Crippen LogP) is 3.41. The van der Waals surface area contributed by atoms with Gasteiger partial charge in [0.15, 0.2) is 17.4 Å². The molecule has 0 bridgehead atoms. The molecule has 22 heavy (non-hydrogen) atoms. The first-order valence-corrected chi connectivity index (χ1v) is 7.70. The summed E-state index contributed by atoms with van der Waals surface area (Å²) in [5.74, 6) is 0.203. The maximum Gasteiger partial charge on any atom is 0.311 e. The van der Waals surface area contributed by atoms with Crippen LogP contribution in [0.3, 0.4) is 0 Å². The Morgan fingerprint density at radius 1 is 1.59 bits per heavy atom. The number of hydrogen-bond donors (Lipinski definition) is 0. The molecule has 0 aliphatic carbocycles. The van der Waals surface area contributed by atoms with Gasteiger partial charge in [-0.2, -0.15) is 0 Å². The lowest BCUT2D eigenvalue weighted by Crippen LogP contribution is -2.19.